The maximum absolute atomic E-state index is 11.7. The van der Waals surface area contributed by atoms with Crippen molar-refractivity contribution in [2.75, 3.05) is 13.1 Å². The highest BCUT2D eigenvalue weighted by Crippen LogP contribution is 2.45. The van der Waals surface area contributed by atoms with Crippen molar-refractivity contribution in [1.29, 1.82) is 0 Å². The lowest BCUT2D eigenvalue weighted by molar-refractivity contribution is -0.126. The highest BCUT2D eigenvalue weighted by Gasteiger charge is 2.45. The van der Waals surface area contributed by atoms with Crippen LogP contribution in [0.25, 0.3) is 0 Å². The summed E-state index contributed by atoms with van der Waals surface area (Å²) in [4.78, 5) is 11.7. The molecule has 0 bridgehead atoms. The minimum atomic E-state index is -0.0164. The van der Waals surface area contributed by atoms with E-state index in [4.69, 9.17) is 0 Å². The molecule has 4 heteroatoms. The van der Waals surface area contributed by atoms with Crippen LogP contribution in [0.1, 0.15) is 32.6 Å². The molecule has 0 radical (unpaired) electrons. The van der Waals surface area contributed by atoms with E-state index in [9.17, 15) is 4.79 Å². The van der Waals surface area contributed by atoms with Crippen LogP contribution in [0.2, 0.25) is 0 Å². The standard InChI is InChI=1S/C10H18N2O.ClH/c1-10(4-5-10)9(13)12-8-3-2-6-11-7-8;/h8,11H,2-7H2,1H3,(H,12,13);1H/t8-;/m0./s1. The maximum atomic E-state index is 11.7. The predicted octanol–water partition coefficient (Wildman–Crippen LogP) is 1.08. The smallest absolute Gasteiger partial charge is 0.226 e. The molecule has 2 rings (SSSR count). The molecule has 0 aromatic rings. The van der Waals surface area contributed by atoms with E-state index in [-0.39, 0.29) is 23.7 Å². The van der Waals surface area contributed by atoms with Gasteiger partial charge >= 0.3 is 0 Å². The van der Waals surface area contributed by atoms with Crippen LogP contribution in [0.15, 0.2) is 0 Å². The lowest BCUT2D eigenvalue weighted by Crippen LogP contribution is -2.47. The molecule has 14 heavy (non-hydrogen) atoms. The van der Waals surface area contributed by atoms with Crippen molar-refractivity contribution < 1.29 is 4.79 Å². The zero-order valence-corrected chi connectivity index (χ0v) is 9.45. The fraction of sp³-hybridized carbons (Fsp3) is 0.900. The van der Waals surface area contributed by atoms with Gasteiger partial charge in [0.15, 0.2) is 0 Å². The van der Waals surface area contributed by atoms with E-state index in [0.29, 0.717) is 6.04 Å². The molecule has 2 N–H and O–H groups in total. The fourth-order valence-electron chi connectivity index (χ4n) is 1.75. The summed E-state index contributed by atoms with van der Waals surface area (Å²) >= 11 is 0. The Bertz CT molecular complexity index is 210. The van der Waals surface area contributed by atoms with Gasteiger partial charge in [-0.25, -0.2) is 0 Å². The van der Waals surface area contributed by atoms with Crippen molar-refractivity contribution in [2.45, 2.75) is 38.6 Å². The van der Waals surface area contributed by atoms with Gasteiger partial charge in [-0.1, -0.05) is 6.92 Å². The first kappa shape index (κ1) is 11.8. The van der Waals surface area contributed by atoms with Gasteiger partial charge in [-0.2, -0.15) is 0 Å². The summed E-state index contributed by atoms with van der Waals surface area (Å²) in [6.07, 6.45) is 4.45. The molecule has 0 aromatic heterocycles. The Morgan fingerprint density at radius 2 is 2.21 bits per heavy atom. The van der Waals surface area contributed by atoms with Gasteiger partial charge < -0.3 is 10.6 Å². The molecule has 1 aliphatic carbocycles. The Morgan fingerprint density at radius 1 is 1.50 bits per heavy atom. The van der Waals surface area contributed by atoms with Crippen molar-refractivity contribution in [3.8, 4) is 0 Å². The summed E-state index contributed by atoms with van der Waals surface area (Å²) in [6, 6.07) is 0.374. The van der Waals surface area contributed by atoms with Gasteiger partial charge in [0.25, 0.3) is 0 Å². The number of hydrogen-bond donors (Lipinski definition) is 2. The van der Waals surface area contributed by atoms with Crippen molar-refractivity contribution in [3.05, 3.63) is 0 Å². The largest absolute Gasteiger partial charge is 0.352 e. The molecule has 0 spiro atoms. The van der Waals surface area contributed by atoms with E-state index in [0.717, 1.165) is 32.4 Å². The normalized spacial score (nSPS) is 28.8. The number of amides is 1. The third-order valence-electron chi connectivity index (χ3n) is 3.18. The number of carbonyl (C=O) groups excluding carboxylic acids is 1. The second-order valence-electron chi connectivity index (χ2n) is 4.58. The van der Waals surface area contributed by atoms with Crippen molar-refractivity contribution in [2.24, 2.45) is 5.41 Å². The Labute approximate surface area is 91.4 Å². The highest BCUT2D eigenvalue weighted by atomic mass is 35.5. The second kappa shape index (κ2) is 4.49. The first-order valence-corrected chi connectivity index (χ1v) is 5.22. The van der Waals surface area contributed by atoms with E-state index in [2.05, 4.69) is 17.6 Å². The van der Waals surface area contributed by atoms with E-state index in [1.165, 1.54) is 6.42 Å². The van der Waals surface area contributed by atoms with Gasteiger partial charge in [-0.15, -0.1) is 12.4 Å². The number of halogens is 1. The zero-order chi connectivity index (χ0) is 9.31. The fourth-order valence-corrected chi connectivity index (χ4v) is 1.75. The molecule has 1 saturated heterocycles. The Hall–Kier alpha value is -0.280. The van der Waals surface area contributed by atoms with Gasteiger partial charge in [0.05, 0.1) is 0 Å². The molecule has 2 fully saturated rings. The molecule has 0 unspecified atom stereocenters. The molecule has 1 heterocycles. The molecule has 1 atom stereocenters. The van der Waals surface area contributed by atoms with Crippen molar-refractivity contribution in [3.63, 3.8) is 0 Å². The molecular formula is C10H19ClN2O. The summed E-state index contributed by atoms with van der Waals surface area (Å²) in [6.45, 7) is 4.10. The Morgan fingerprint density at radius 3 is 2.71 bits per heavy atom. The van der Waals surface area contributed by atoms with Crippen LogP contribution in [0.5, 0.6) is 0 Å². The van der Waals surface area contributed by atoms with Crippen LogP contribution < -0.4 is 10.6 Å². The van der Waals surface area contributed by atoms with Crippen LogP contribution in [0.3, 0.4) is 0 Å². The number of rotatable bonds is 2. The monoisotopic (exact) mass is 218 g/mol. The molecule has 1 saturated carbocycles. The maximum Gasteiger partial charge on any atom is 0.226 e. The van der Waals surface area contributed by atoms with E-state index in [1.807, 2.05) is 0 Å². The van der Waals surface area contributed by atoms with Gasteiger partial charge in [0, 0.05) is 18.0 Å². The third kappa shape index (κ3) is 2.61. The zero-order valence-electron chi connectivity index (χ0n) is 8.64. The quantitative estimate of drug-likeness (QED) is 0.728. The number of piperidine rings is 1. The van der Waals surface area contributed by atoms with E-state index < -0.39 is 0 Å². The first-order valence-electron chi connectivity index (χ1n) is 5.22. The minimum Gasteiger partial charge on any atom is -0.352 e. The van der Waals surface area contributed by atoms with Gasteiger partial charge in [-0.05, 0) is 32.2 Å². The topological polar surface area (TPSA) is 41.1 Å². The molecule has 1 amide bonds. The van der Waals surface area contributed by atoms with Crippen LogP contribution in [0.4, 0.5) is 0 Å². The Kier molecular flexibility index (Phi) is 3.78. The van der Waals surface area contributed by atoms with Crippen LogP contribution in [-0.4, -0.2) is 25.0 Å². The summed E-state index contributed by atoms with van der Waals surface area (Å²) in [5.74, 6) is 0.265. The molecular weight excluding hydrogens is 200 g/mol. The predicted molar refractivity (Wildman–Crippen MR) is 58.6 cm³/mol. The molecule has 2 aliphatic rings. The highest BCUT2D eigenvalue weighted by molar-refractivity contribution is 5.85. The lowest BCUT2D eigenvalue weighted by atomic mass is 10.0. The van der Waals surface area contributed by atoms with Crippen LogP contribution in [0, 0.1) is 5.41 Å². The van der Waals surface area contributed by atoms with Crippen molar-refractivity contribution in [1.82, 2.24) is 10.6 Å². The summed E-state index contributed by atoms with van der Waals surface area (Å²) < 4.78 is 0. The van der Waals surface area contributed by atoms with E-state index >= 15 is 0 Å². The van der Waals surface area contributed by atoms with Crippen molar-refractivity contribution >= 4 is 18.3 Å². The number of hydrogen-bond acceptors (Lipinski definition) is 2. The number of carbonyl (C=O) groups is 1. The van der Waals surface area contributed by atoms with Crippen LogP contribution >= 0.6 is 12.4 Å². The summed E-state index contributed by atoms with van der Waals surface area (Å²) in [5.41, 5.74) is -0.0164. The molecule has 1 aliphatic heterocycles. The number of nitrogens with one attached hydrogen (secondary N) is 2. The molecule has 3 nitrogen and oxygen atoms in total. The average molecular weight is 219 g/mol. The SMILES string of the molecule is CC1(C(=O)N[C@H]2CCCNC2)CC1.Cl. The van der Waals surface area contributed by atoms with Crippen LogP contribution in [-0.2, 0) is 4.79 Å². The van der Waals surface area contributed by atoms with Gasteiger partial charge in [0.1, 0.15) is 0 Å². The first-order chi connectivity index (χ1) is 6.21. The lowest BCUT2D eigenvalue weighted by Gasteiger charge is -2.25. The summed E-state index contributed by atoms with van der Waals surface area (Å²) in [5, 5.41) is 6.42. The third-order valence-corrected chi connectivity index (χ3v) is 3.18. The van der Waals surface area contributed by atoms with Gasteiger partial charge in [-0.3, -0.25) is 4.79 Å². The molecule has 0 aromatic carbocycles. The Balaban J connectivity index is 0.000000980. The second-order valence-corrected chi connectivity index (χ2v) is 4.58. The average Bonchev–Trinajstić information content (AvgIpc) is 2.87. The van der Waals surface area contributed by atoms with Gasteiger partial charge in [0.2, 0.25) is 5.91 Å². The van der Waals surface area contributed by atoms with E-state index in [1.54, 1.807) is 0 Å². The molecule has 82 valence electrons. The minimum absolute atomic E-state index is 0. The summed E-state index contributed by atoms with van der Waals surface area (Å²) in [7, 11) is 0.